The molecule has 3 aliphatic rings. The van der Waals surface area contributed by atoms with Gasteiger partial charge in [-0.05, 0) is 37.5 Å². The Balaban J connectivity index is 1.47. The Kier molecular flexibility index (Phi) is 4.69. The third-order valence-electron chi connectivity index (χ3n) is 5.57. The van der Waals surface area contributed by atoms with Gasteiger partial charge in [0.2, 0.25) is 0 Å². The molecule has 1 saturated carbocycles. The van der Waals surface area contributed by atoms with E-state index in [9.17, 15) is 0 Å². The average molecular weight is 319 g/mol. The number of hydrogen-bond donors (Lipinski definition) is 0. The van der Waals surface area contributed by atoms with E-state index in [0.717, 1.165) is 51.3 Å². The molecule has 128 valence electrons. The first-order chi connectivity index (χ1) is 11.3. The third-order valence-corrected chi connectivity index (χ3v) is 5.57. The summed E-state index contributed by atoms with van der Waals surface area (Å²) < 4.78 is 13.4. The molecule has 0 amide bonds. The molecule has 23 heavy (non-hydrogen) atoms. The molecule has 4 rings (SSSR count). The van der Waals surface area contributed by atoms with Crippen molar-refractivity contribution in [3.05, 3.63) is 17.7 Å². The molecule has 1 aliphatic carbocycles. The Hall–Kier alpha value is -0.910. The predicted octanol–water partition coefficient (Wildman–Crippen LogP) is 2.27. The Morgan fingerprint density at radius 3 is 2.70 bits per heavy atom. The molecule has 1 aromatic rings. The van der Waals surface area contributed by atoms with E-state index in [2.05, 4.69) is 15.8 Å². The molecule has 0 unspecified atom stereocenters. The maximum absolute atomic E-state index is 5.53. The number of rotatable bonds is 6. The van der Waals surface area contributed by atoms with Crippen LogP contribution < -0.4 is 0 Å². The number of methoxy groups -OCH3 is 1. The highest BCUT2D eigenvalue weighted by Gasteiger charge is 2.32. The molecule has 1 saturated heterocycles. The van der Waals surface area contributed by atoms with Gasteiger partial charge in [0.05, 0.1) is 18.6 Å². The van der Waals surface area contributed by atoms with Crippen LogP contribution in [0.1, 0.15) is 43.0 Å². The largest absolute Gasteiger partial charge is 0.384 e. The second-order valence-electron chi connectivity index (χ2n) is 7.57. The number of ether oxygens (including phenoxy) is 2. The molecule has 1 aromatic heterocycles. The topological polar surface area (TPSA) is 39.5 Å². The van der Waals surface area contributed by atoms with Gasteiger partial charge in [-0.3, -0.25) is 4.90 Å². The van der Waals surface area contributed by atoms with E-state index < -0.39 is 0 Å². The number of aromatic nitrogens is 2. The van der Waals surface area contributed by atoms with Crippen LogP contribution in [0.2, 0.25) is 0 Å². The number of hydrogen-bond acceptors (Lipinski definition) is 4. The fourth-order valence-electron chi connectivity index (χ4n) is 4.19. The van der Waals surface area contributed by atoms with Crippen LogP contribution in [0.15, 0.2) is 6.33 Å². The summed E-state index contributed by atoms with van der Waals surface area (Å²) in [7, 11) is 1.82. The summed E-state index contributed by atoms with van der Waals surface area (Å²) in [6.45, 7) is 7.11. The molecular weight excluding hydrogens is 290 g/mol. The van der Waals surface area contributed by atoms with Crippen molar-refractivity contribution in [2.45, 2.75) is 44.7 Å². The first-order valence-electron chi connectivity index (χ1n) is 9.16. The lowest BCUT2D eigenvalue weighted by molar-refractivity contribution is 0.0456. The highest BCUT2D eigenvalue weighted by molar-refractivity contribution is 5.22. The normalized spacial score (nSPS) is 26.4. The Morgan fingerprint density at radius 1 is 1.17 bits per heavy atom. The minimum absolute atomic E-state index is 0.463. The molecule has 3 heterocycles. The summed E-state index contributed by atoms with van der Waals surface area (Å²) in [4.78, 5) is 7.35. The average Bonchev–Trinajstić information content (AvgIpc) is 3.28. The van der Waals surface area contributed by atoms with E-state index in [4.69, 9.17) is 14.5 Å². The molecule has 0 N–H and O–H groups in total. The Bertz CT molecular complexity index is 520. The highest BCUT2D eigenvalue weighted by Crippen LogP contribution is 2.34. The van der Waals surface area contributed by atoms with Crippen LogP contribution in [0.5, 0.6) is 0 Å². The minimum Gasteiger partial charge on any atom is -0.384 e. The lowest BCUT2D eigenvalue weighted by Crippen LogP contribution is -2.40. The van der Waals surface area contributed by atoms with Crippen LogP contribution in [0.25, 0.3) is 0 Å². The summed E-state index contributed by atoms with van der Waals surface area (Å²) in [5.41, 5.74) is 2.73. The summed E-state index contributed by atoms with van der Waals surface area (Å²) in [6.07, 6.45) is 7.25. The Labute approximate surface area is 139 Å². The van der Waals surface area contributed by atoms with Crippen molar-refractivity contribution in [2.75, 3.05) is 40.0 Å². The van der Waals surface area contributed by atoms with Crippen molar-refractivity contribution >= 4 is 0 Å². The summed E-state index contributed by atoms with van der Waals surface area (Å²) >= 11 is 0. The van der Waals surface area contributed by atoms with Crippen LogP contribution in [0.4, 0.5) is 0 Å². The number of fused-ring (bicyclic) bond motifs is 1. The summed E-state index contributed by atoms with van der Waals surface area (Å²) in [6, 6.07) is 0. The molecule has 0 bridgehead atoms. The minimum atomic E-state index is 0.463. The smallest absolute Gasteiger partial charge is 0.0952 e. The van der Waals surface area contributed by atoms with Crippen molar-refractivity contribution in [1.29, 1.82) is 0 Å². The van der Waals surface area contributed by atoms with Crippen LogP contribution in [-0.4, -0.2) is 54.5 Å². The lowest BCUT2D eigenvalue weighted by atomic mass is 9.95. The van der Waals surface area contributed by atoms with Gasteiger partial charge in [0, 0.05) is 58.1 Å². The highest BCUT2D eigenvalue weighted by atomic mass is 16.5. The zero-order chi connectivity index (χ0) is 15.6. The molecule has 0 radical (unpaired) electrons. The standard InChI is InChI=1S/C18H29N3O2/c1-22-12-16-10-20(8-15-4-6-23-7-5-15)11-17-18(16)21(13-19-17)9-14-2-3-14/h13-16H,2-12H2,1H3/t16-/m1/s1. The maximum atomic E-state index is 5.53. The zero-order valence-electron chi connectivity index (χ0n) is 14.2. The van der Waals surface area contributed by atoms with Gasteiger partial charge < -0.3 is 14.0 Å². The predicted molar refractivity (Wildman–Crippen MR) is 88.4 cm³/mol. The molecule has 0 spiro atoms. The lowest BCUT2D eigenvalue weighted by Gasteiger charge is -2.36. The van der Waals surface area contributed by atoms with Crippen molar-refractivity contribution in [2.24, 2.45) is 11.8 Å². The van der Waals surface area contributed by atoms with E-state index >= 15 is 0 Å². The Morgan fingerprint density at radius 2 is 1.96 bits per heavy atom. The van der Waals surface area contributed by atoms with E-state index in [1.807, 2.05) is 7.11 Å². The van der Waals surface area contributed by atoms with E-state index in [-0.39, 0.29) is 0 Å². The third kappa shape index (κ3) is 3.62. The van der Waals surface area contributed by atoms with Gasteiger partial charge in [0.1, 0.15) is 0 Å². The number of nitrogens with zero attached hydrogens (tertiary/aromatic N) is 3. The maximum Gasteiger partial charge on any atom is 0.0952 e. The van der Waals surface area contributed by atoms with E-state index in [1.165, 1.54) is 43.6 Å². The van der Waals surface area contributed by atoms with Crippen molar-refractivity contribution in [1.82, 2.24) is 14.5 Å². The van der Waals surface area contributed by atoms with Crippen molar-refractivity contribution in [3.8, 4) is 0 Å². The van der Waals surface area contributed by atoms with Crippen LogP contribution in [-0.2, 0) is 22.6 Å². The second kappa shape index (κ2) is 6.91. The molecule has 5 nitrogen and oxygen atoms in total. The van der Waals surface area contributed by atoms with Crippen LogP contribution >= 0.6 is 0 Å². The molecule has 1 atom stereocenters. The summed E-state index contributed by atoms with van der Waals surface area (Å²) in [5.74, 6) is 2.13. The summed E-state index contributed by atoms with van der Waals surface area (Å²) in [5, 5.41) is 0. The SMILES string of the molecule is COC[C@H]1CN(CC2CCOCC2)Cc2ncn(CC3CC3)c21. The van der Waals surface area contributed by atoms with Crippen molar-refractivity contribution < 1.29 is 9.47 Å². The van der Waals surface area contributed by atoms with Gasteiger partial charge in [-0.15, -0.1) is 0 Å². The van der Waals surface area contributed by atoms with E-state index in [0.29, 0.717) is 5.92 Å². The second-order valence-corrected chi connectivity index (χ2v) is 7.57. The molecule has 0 aromatic carbocycles. The van der Waals surface area contributed by atoms with Crippen LogP contribution in [0, 0.1) is 11.8 Å². The molecule has 5 heteroatoms. The van der Waals surface area contributed by atoms with Gasteiger partial charge >= 0.3 is 0 Å². The monoisotopic (exact) mass is 319 g/mol. The number of imidazole rings is 1. The van der Waals surface area contributed by atoms with Gasteiger partial charge in [-0.1, -0.05) is 0 Å². The first-order valence-corrected chi connectivity index (χ1v) is 9.16. The van der Waals surface area contributed by atoms with Crippen molar-refractivity contribution in [3.63, 3.8) is 0 Å². The van der Waals surface area contributed by atoms with Gasteiger partial charge in [0.25, 0.3) is 0 Å². The molecule has 2 fully saturated rings. The van der Waals surface area contributed by atoms with Gasteiger partial charge in [0.15, 0.2) is 0 Å². The molecular formula is C18H29N3O2. The van der Waals surface area contributed by atoms with Gasteiger partial charge in [-0.2, -0.15) is 0 Å². The fourth-order valence-corrected chi connectivity index (χ4v) is 4.19. The van der Waals surface area contributed by atoms with E-state index in [1.54, 1.807) is 0 Å². The van der Waals surface area contributed by atoms with Gasteiger partial charge in [-0.25, -0.2) is 4.98 Å². The molecule has 2 aliphatic heterocycles. The van der Waals surface area contributed by atoms with Crippen LogP contribution in [0.3, 0.4) is 0 Å². The zero-order valence-corrected chi connectivity index (χ0v) is 14.2. The fraction of sp³-hybridized carbons (Fsp3) is 0.833. The first kappa shape index (κ1) is 15.6. The quantitative estimate of drug-likeness (QED) is 0.806.